The molecule has 124 valence electrons. The molecule has 0 fully saturated rings. The van der Waals surface area contributed by atoms with Crippen LogP contribution in [0.4, 0.5) is 13.2 Å². The summed E-state index contributed by atoms with van der Waals surface area (Å²) in [6, 6.07) is 10.9. The molecule has 5 nitrogen and oxygen atoms in total. The predicted octanol–water partition coefficient (Wildman–Crippen LogP) is 3.34. The van der Waals surface area contributed by atoms with Gasteiger partial charge in [-0.3, -0.25) is 4.55 Å². The molecule has 0 bridgehead atoms. The first kappa shape index (κ1) is 18.7. The van der Waals surface area contributed by atoms with Crippen LogP contribution in [0.5, 0.6) is 0 Å². The van der Waals surface area contributed by atoms with Crippen molar-refractivity contribution in [3.63, 3.8) is 0 Å². The minimum atomic E-state index is -4.52. The van der Waals surface area contributed by atoms with E-state index in [-0.39, 0.29) is 0 Å². The van der Waals surface area contributed by atoms with E-state index in [1.165, 1.54) is 0 Å². The SMILES string of the molecule is O=C(O)c1ccccc1.O=S(=O)(O)c1ccc(C(F)(F)F)cc1. The van der Waals surface area contributed by atoms with E-state index in [9.17, 15) is 26.4 Å². The average molecular weight is 348 g/mol. The number of hydrogen-bond donors (Lipinski definition) is 2. The molecule has 0 aliphatic heterocycles. The third-order valence-electron chi connectivity index (χ3n) is 2.50. The van der Waals surface area contributed by atoms with E-state index >= 15 is 0 Å². The van der Waals surface area contributed by atoms with Crippen molar-refractivity contribution in [2.45, 2.75) is 11.1 Å². The van der Waals surface area contributed by atoms with E-state index in [0.29, 0.717) is 29.8 Å². The summed E-state index contributed by atoms with van der Waals surface area (Å²) in [4.78, 5) is 9.64. The second-order valence-electron chi connectivity index (χ2n) is 4.17. The molecule has 0 saturated carbocycles. The standard InChI is InChI=1S/C7H5F3O3S.C7H6O2/c8-7(9,10)5-1-3-6(4-2-5)14(11,12)13;8-7(9)6-4-2-1-3-5-6/h1-4H,(H,11,12,13);1-5H,(H,8,9). The van der Waals surface area contributed by atoms with Crippen LogP contribution in [0, 0.1) is 0 Å². The Balaban J connectivity index is 0.000000253. The molecule has 0 amide bonds. The van der Waals surface area contributed by atoms with Crippen LogP contribution in [0.25, 0.3) is 0 Å². The third kappa shape index (κ3) is 6.09. The number of carboxylic acids is 1. The number of benzene rings is 2. The Labute approximate surface area is 129 Å². The first-order valence-corrected chi connectivity index (χ1v) is 7.39. The smallest absolute Gasteiger partial charge is 0.416 e. The van der Waals surface area contributed by atoms with E-state index in [0.717, 1.165) is 0 Å². The average Bonchev–Trinajstić information content (AvgIpc) is 2.47. The Kier molecular flexibility index (Phi) is 5.88. The Morgan fingerprint density at radius 3 is 1.70 bits per heavy atom. The van der Waals surface area contributed by atoms with Gasteiger partial charge in [0.15, 0.2) is 0 Å². The molecule has 0 aromatic heterocycles. The molecule has 0 atom stereocenters. The molecule has 0 spiro atoms. The molecule has 2 aromatic rings. The van der Waals surface area contributed by atoms with Crippen molar-refractivity contribution in [1.82, 2.24) is 0 Å². The molecular weight excluding hydrogens is 337 g/mol. The molecule has 9 heteroatoms. The van der Waals surface area contributed by atoms with Crippen molar-refractivity contribution in [3.05, 3.63) is 65.7 Å². The molecule has 0 aliphatic rings. The van der Waals surface area contributed by atoms with Crippen molar-refractivity contribution in [3.8, 4) is 0 Å². The Morgan fingerprint density at radius 2 is 1.39 bits per heavy atom. The van der Waals surface area contributed by atoms with E-state index in [1.54, 1.807) is 30.3 Å². The summed E-state index contributed by atoms with van der Waals surface area (Å²) in [5.74, 6) is -0.879. The topological polar surface area (TPSA) is 91.7 Å². The van der Waals surface area contributed by atoms with Crippen molar-refractivity contribution < 1.29 is 36.0 Å². The number of rotatable bonds is 2. The lowest BCUT2D eigenvalue weighted by atomic mass is 10.2. The highest BCUT2D eigenvalue weighted by atomic mass is 32.2. The highest BCUT2D eigenvalue weighted by Gasteiger charge is 2.30. The lowest BCUT2D eigenvalue weighted by molar-refractivity contribution is -0.137. The molecular formula is C14H11F3O5S. The summed E-state index contributed by atoms with van der Waals surface area (Å²) in [7, 11) is -4.43. The number of hydrogen-bond acceptors (Lipinski definition) is 3. The molecule has 2 N–H and O–H groups in total. The van der Waals surface area contributed by atoms with E-state index in [1.807, 2.05) is 0 Å². The van der Waals surface area contributed by atoms with Gasteiger partial charge in [0.1, 0.15) is 0 Å². The van der Waals surface area contributed by atoms with Crippen LogP contribution in [-0.2, 0) is 16.3 Å². The summed E-state index contributed by atoms with van der Waals surface area (Å²) in [5, 5.41) is 8.38. The largest absolute Gasteiger partial charge is 0.478 e. The number of carbonyl (C=O) groups is 1. The summed E-state index contributed by atoms with van der Waals surface area (Å²) in [6.45, 7) is 0. The van der Waals surface area contributed by atoms with Gasteiger partial charge in [0.2, 0.25) is 0 Å². The molecule has 0 aliphatic carbocycles. The van der Waals surface area contributed by atoms with Gasteiger partial charge in [-0.15, -0.1) is 0 Å². The van der Waals surface area contributed by atoms with Crippen LogP contribution < -0.4 is 0 Å². The van der Waals surface area contributed by atoms with Gasteiger partial charge < -0.3 is 5.11 Å². The zero-order valence-corrected chi connectivity index (χ0v) is 12.2. The molecule has 0 unspecified atom stereocenters. The first-order valence-electron chi connectivity index (χ1n) is 5.95. The van der Waals surface area contributed by atoms with Gasteiger partial charge >= 0.3 is 12.1 Å². The zero-order chi connectivity index (χ0) is 17.7. The molecule has 2 aromatic carbocycles. The van der Waals surface area contributed by atoms with E-state index in [2.05, 4.69) is 0 Å². The van der Waals surface area contributed by atoms with Gasteiger partial charge in [0, 0.05) is 0 Å². The maximum Gasteiger partial charge on any atom is 0.416 e. The minimum absolute atomic E-state index is 0.331. The molecule has 23 heavy (non-hydrogen) atoms. The Morgan fingerprint density at radius 1 is 0.913 bits per heavy atom. The number of alkyl halides is 3. The van der Waals surface area contributed by atoms with Gasteiger partial charge in [-0.05, 0) is 36.4 Å². The zero-order valence-electron chi connectivity index (χ0n) is 11.4. The second-order valence-corrected chi connectivity index (χ2v) is 5.59. The fourth-order valence-corrected chi connectivity index (χ4v) is 1.88. The van der Waals surface area contributed by atoms with Crippen molar-refractivity contribution in [2.24, 2.45) is 0 Å². The maximum absolute atomic E-state index is 12.0. The van der Waals surface area contributed by atoms with Crippen LogP contribution in [0.2, 0.25) is 0 Å². The van der Waals surface area contributed by atoms with E-state index in [4.69, 9.17) is 9.66 Å². The predicted molar refractivity (Wildman–Crippen MR) is 74.7 cm³/mol. The van der Waals surface area contributed by atoms with Gasteiger partial charge in [-0.25, -0.2) is 4.79 Å². The maximum atomic E-state index is 12.0. The normalized spacial score (nSPS) is 11.3. The fraction of sp³-hybridized carbons (Fsp3) is 0.0714. The van der Waals surface area contributed by atoms with Crippen molar-refractivity contribution in [1.29, 1.82) is 0 Å². The summed E-state index contributed by atoms with van der Waals surface area (Å²) in [5.41, 5.74) is -0.637. The number of carboxylic acid groups (broad SMARTS) is 1. The van der Waals surface area contributed by atoms with Crippen molar-refractivity contribution >= 4 is 16.1 Å². The van der Waals surface area contributed by atoms with Crippen LogP contribution in [-0.4, -0.2) is 24.0 Å². The van der Waals surface area contributed by atoms with E-state index < -0.39 is 32.7 Å². The van der Waals surface area contributed by atoms with Crippen LogP contribution >= 0.6 is 0 Å². The Hall–Kier alpha value is -2.39. The van der Waals surface area contributed by atoms with Gasteiger partial charge in [-0.2, -0.15) is 21.6 Å². The highest BCUT2D eigenvalue weighted by Crippen LogP contribution is 2.29. The second kappa shape index (κ2) is 7.25. The summed E-state index contributed by atoms with van der Waals surface area (Å²) in [6.07, 6.45) is -4.52. The van der Waals surface area contributed by atoms with Gasteiger partial charge in [-0.1, -0.05) is 18.2 Å². The number of halogens is 3. The minimum Gasteiger partial charge on any atom is -0.478 e. The lowest BCUT2D eigenvalue weighted by Gasteiger charge is -2.05. The summed E-state index contributed by atoms with van der Waals surface area (Å²) >= 11 is 0. The highest BCUT2D eigenvalue weighted by molar-refractivity contribution is 7.85. The fourth-order valence-electron chi connectivity index (χ4n) is 1.40. The number of aromatic carboxylic acids is 1. The third-order valence-corrected chi connectivity index (χ3v) is 3.37. The van der Waals surface area contributed by atoms with Crippen LogP contribution in [0.1, 0.15) is 15.9 Å². The van der Waals surface area contributed by atoms with Crippen LogP contribution in [0.3, 0.4) is 0 Å². The lowest BCUT2D eigenvalue weighted by Crippen LogP contribution is -2.05. The summed E-state index contributed by atoms with van der Waals surface area (Å²) < 4.78 is 65.4. The molecule has 0 radical (unpaired) electrons. The van der Waals surface area contributed by atoms with Crippen LogP contribution in [0.15, 0.2) is 59.5 Å². The Bertz CT molecular complexity index is 753. The first-order chi connectivity index (χ1) is 10.5. The molecule has 2 rings (SSSR count). The van der Waals surface area contributed by atoms with Gasteiger partial charge in [0.25, 0.3) is 10.1 Å². The molecule has 0 saturated heterocycles. The molecule has 0 heterocycles. The van der Waals surface area contributed by atoms with Gasteiger partial charge in [0.05, 0.1) is 16.0 Å². The van der Waals surface area contributed by atoms with Crippen molar-refractivity contribution in [2.75, 3.05) is 0 Å². The quantitative estimate of drug-likeness (QED) is 0.812. The monoisotopic (exact) mass is 348 g/mol.